The first-order valence-corrected chi connectivity index (χ1v) is 6.83. The van der Waals surface area contributed by atoms with Gasteiger partial charge in [0.05, 0.1) is 19.3 Å². The Labute approximate surface area is 114 Å². The quantitative estimate of drug-likeness (QED) is 0.887. The van der Waals surface area contributed by atoms with Gasteiger partial charge >= 0.3 is 0 Å². The molecule has 19 heavy (non-hydrogen) atoms. The second kappa shape index (κ2) is 6.89. The average Bonchev–Trinajstić information content (AvgIpc) is 2.45. The highest BCUT2D eigenvalue weighted by Crippen LogP contribution is 2.27. The fourth-order valence-electron chi connectivity index (χ4n) is 2.34. The number of ether oxygens (including phenoxy) is 3. The molecule has 0 spiro atoms. The lowest BCUT2D eigenvalue weighted by atomic mass is 10.0. The van der Waals surface area contributed by atoms with Crippen LogP contribution in [0.15, 0.2) is 24.3 Å². The molecular formula is C15H23NO3. The Balaban J connectivity index is 2.09. The van der Waals surface area contributed by atoms with Gasteiger partial charge in [-0.2, -0.15) is 0 Å². The summed E-state index contributed by atoms with van der Waals surface area (Å²) in [6, 6.07) is 7.87. The summed E-state index contributed by atoms with van der Waals surface area (Å²) in [4.78, 5) is 0. The normalized spacial score (nSPS) is 19.9. The van der Waals surface area contributed by atoms with Crippen LogP contribution >= 0.6 is 0 Å². The largest absolute Gasteiger partial charge is 0.497 e. The number of nitrogens with two attached hydrogens (primary N) is 1. The summed E-state index contributed by atoms with van der Waals surface area (Å²) in [5.41, 5.74) is 7.15. The van der Waals surface area contributed by atoms with E-state index in [2.05, 4.69) is 0 Å². The van der Waals surface area contributed by atoms with Gasteiger partial charge in [-0.15, -0.1) is 0 Å². The highest BCUT2D eigenvalue weighted by Gasteiger charge is 2.23. The molecule has 4 nitrogen and oxygen atoms in total. The molecule has 1 aliphatic rings. The monoisotopic (exact) mass is 265 g/mol. The minimum atomic E-state index is -0.0989. The molecule has 0 aliphatic carbocycles. The van der Waals surface area contributed by atoms with Crippen molar-refractivity contribution in [2.75, 3.05) is 20.3 Å². The Bertz CT molecular complexity index is 389. The minimum absolute atomic E-state index is 0.0602. The minimum Gasteiger partial charge on any atom is -0.497 e. The molecule has 1 fully saturated rings. The molecule has 1 aromatic carbocycles. The van der Waals surface area contributed by atoms with Crippen molar-refractivity contribution in [3.63, 3.8) is 0 Å². The van der Waals surface area contributed by atoms with E-state index >= 15 is 0 Å². The molecule has 2 rings (SSSR count). The molecule has 4 heteroatoms. The van der Waals surface area contributed by atoms with E-state index in [0.717, 1.165) is 37.4 Å². The third-order valence-corrected chi connectivity index (χ3v) is 3.41. The molecule has 2 N–H and O–H groups in total. The van der Waals surface area contributed by atoms with Gasteiger partial charge in [0.1, 0.15) is 5.75 Å². The topological polar surface area (TPSA) is 53.7 Å². The van der Waals surface area contributed by atoms with Crippen molar-refractivity contribution < 1.29 is 14.2 Å². The van der Waals surface area contributed by atoms with Crippen LogP contribution in [0.1, 0.15) is 31.4 Å². The van der Waals surface area contributed by atoms with Gasteiger partial charge < -0.3 is 19.9 Å². The molecule has 0 amide bonds. The summed E-state index contributed by atoms with van der Waals surface area (Å²) >= 11 is 0. The van der Waals surface area contributed by atoms with Crippen LogP contribution in [0.2, 0.25) is 0 Å². The Kier molecular flexibility index (Phi) is 5.19. The molecule has 2 atom stereocenters. The zero-order valence-electron chi connectivity index (χ0n) is 11.7. The van der Waals surface area contributed by atoms with Gasteiger partial charge in [-0.05, 0) is 37.5 Å². The van der Waals surface area contributed by atoms with E-state index in [1.807, 2.05) is 31.2 Å². The molecular weight excluding hydrogens is 242 g/mol. The summed E-state index contributed by atoms with van der Waals surface area (Å²) in [5, 5.41) is 0. The van der Waals surface area contributed by atoms with Crippen molar-refractivity contribution in [2.45, 2.75) is 38.0 Å². The Morgan fingerprint density at radius 1 is 1.32 bits per heavy atom. The predicted molar refractivity (Wildman–Crippen MR) is 74.3 cm³/mol. The van der Waals surface area contributed by atoms with E-state index < -0.39 is 0 Å². The van der Waals surface area contributed by atoms with Crippen LogP contribution in [-0.4, -0.2) is 32.5 Å². The third kappa shape index (κ3) is 3.93. The molecule has 1 saturated heterocycles. The van der Waals surface area contributed by atoms with Crippen molar-refractivity contribution in [1.29, 1.82) is 0 Å². The van der Waals surface area contributed by atoms with Crippen molar-refractivity contribution >= 4 is 0 Å². The van der Waals surface area contributed by atoms with E-state index in [0.29, 0.717) is 0 Å². The number of benzene rings is 1. The van der Waals surface area contributed by atoms with Crippen LogP contribution in [-0.2, 0) is 9.47 Å². The number of methoxy groups -OCH3 is 1. The van der Waals surface area contributed by atoms with Crippen molar-refractivity contribution in [1.82, 2.24) is 0 Å². The lowest BCUT2D eigenvalue weighted by Gasteiger charge is -2.30. The number of hydrogen-bond donors (Lipinski definition) is 1. The van der Waals surface area contributed by atoms with E-state index in [1.165, 1.54) is 0 Å². The SMILES string of the molecule is COc1cccc(C(OC2CCOCC2)C(C)N)c1. The van der Waals surface area contributed by atoms with Crippen LogP contribution in [0, 0.1) is 0 Å². The molecule has 0 aromatic heterocycles. The lowest BCUT2D eigenvalue weighted by molar-refractivity contribution is -0.0758. The van der Waals surface area contributed by atoms with Crippen LogP contribution < -0.4 is 10.5 Å². The smallest absolute Gasteiger partial charge is 0.119 e. The van der Waals surface area contributed by atoms with Crippen molar-refractivity contribution in [2.24, 2.45) is 5.73 Å². The van der Waals surface area contributed by atoms with E-state index in [4.69, 9.17) is 19.9 Å². The maximum absolute atomic E-state index is 6.18. The molecule has 0 radical (unpaired) electrons. The second-order valence-corrected chi connectivity index (χ2v) is 5.00. The standard InChI is InChI=1S/C15H23NO3/c1-11(16)15(19-13-6-8-18-9-7-13)12-4-3-5-14(10-12)17-2/h3-5,10-11,13,15H,6-9,16H2,1-2H3. The predicted octanol–water partition coefficient (Wildman–Crippen LogP) is 2.28. The molecule has 1 heterocycles. The molecule has 1 aliphatic heterocycles. The summed E-state index contributed by atoms with van der Waals surface area (Å²) in [7, 11) is 1.67. The van der Waals surface area contributed by atoms with Crippen LogP contribution in [0.5, 0.6) is 5.75 Å². The summed E-state index contributed by atoms with van der Waals surface area (Å²) < 4.78 is 16.8. The molecule has 0 saturated carbocycles. The fourth-order valence-corrected chi connectivity index (χ4v) is 2.34. The second-order valence-electron chi connectivity index (χ2n) is 5.00. The van der Waals surface area contributed by atoms with Gasteiger partial charge in [0.15, 0.2) is 0 Å². The molecule has 106 valence electrons. The van der Waals surface area contributed by atoms with E-state index in [1.54, 1.807) is 7.11 Å². The maximum atomic E-state index is 6.18. The van der Waals surface area contributed by atoms with E-state index in [9.17, 15) is 0 Å². The van der Waals surface area contributed by atoms with Gasteiger partial charge in [0.2, 0.25) is 0 Å². The van der Waals surface area contributed by atoms with Gasteiger partial charge in [0, 0.05) is 19.3 Å². The first kappa shape index (κ1) is 14.3. The summed E-state index contributed by atoms with van der Waals surface area (Å²) in [5.74, 6) is 0.832. The number of rotatable bonds is 5. The van der Waals surface area contributed by atoms with E-state index in [-0.39, 0.29) is 18.2 Å². The summed E-state index contributed by atoms with van der Waals surface area (Å²) in [6.07, 6.45) is 2.01. The zero-order valence-corrected chi connectivity index (χ0v) is 11.7. The van der Waals surface area contributed by atoms with Crippen LogP contribution in [0.25, 0.3) is 0 Å². The Morgan fingerprint density at radius 2 is 2.05 bits per heavy atom. The lowest BCUT2D eigenvalue weighted by Crippen LogP contribution is -2.33. The first-order chi connectivity index (χ1) is 9.20. The summed E-state index contributed by atoms with van der Waals surface area (Å²) in [6.45, 7) is 3.52. The first-order valence-electron chi connectivity index (χ1n) is 6.83. The molecule has 2 unspecified atom stereocenters. The number of hydrogen-bond acceptors (Lipinski definition) is 4. The zero-order chi connectivity index (χ0) is 13.7. The van der Waals surface area contributed by atoms with Gasteiger partial charge in [-0.25, -0.2) is 0 Å². The van der Waals surface area contributed by atoms with Crippen LogP contribution in [0.4, 0.5) is 0 Å². The highest BCUT2D eigenvalue weighted by molar-refractivity contribution is 5.30. The van der Waals surface area contributed by atoms with Gasteiger partial charge in [-0.3, -0.25) is 0 Å². The van der Waals surface area contributed by atoms with Crippen molar-refractivity contribution in [3.8, 4) is 5.75 Å². The Morgan fingerprint density at radius 3 is 2.68 bits per heavy atom. The molecule has 1 aromatic rings. The van der Waals surface area contributed by atoms with Gasteiger partial charge in [0.25, 0.3) is 0 Å². The van der Waals surface area contributed by atoms with Gasteiger partial charge in [-0.1, -0.05) is 12.1 Å². The fraction of sp³-hybridized carbons (Fsp3) is 0.600. The third-order valence-electron chi connectivity index (χ3n) is 3.41. The highest BCUT2D eigenvalue weighted by atomic mass is 16.5. The van der Waals surface area contributed by atoms with Crippen molar-refractivity contribution in [3.05, 3.63) is 29.8 Å². The molecule has 0 bridgehead atoms. The average molecular weight is 265 g/mol. The van der Waals surface area contributed by atoms with Crippen LogP contribution in [0.3, 0.4) is 0 Å². The Hall–Kier alpha value is -1.10. The maximum Gasteiger partial charge on any atom is 0.119 e.